The first kappa shape index (κ1) is 15.9. The summed E-state index contributed by atoms with van der Waals surface area (Å²) in [5, 5.41) is 0. The van der Waals surface area contributed by atoms with E-state index in [-0.39, 0.29) is 6.04 Å². The van der Waals surface area contributed by atoms with Crippen LogP contribution < -0.4 is 5.73 Å². The van der Waals surface area contributed by atoms with Crippen LogP contribution in [0, 0.1) is 20.8 Å². The van der Waals surface area contributed by atoms with E-state index < -0.39 is 10.8 Å². The Morgan fingerprint density at radius 1 is 1.05 bits per heavy atom. The van der Waals surface area contributed by atoms with E-state index in [1.807, 2.05) is 18.2 Å². The first-order chi connectivity index (χ1) is 9.95. The Hall–Kier alpha value is -1.45. The SMILES string of the molecule is Cc1cc(C)cc(C(N)CS(=O)Cc2ccccc2C)c1. The zero-order valence-electron chi connectivity index (χ0n) is 12.9. The third-order valence-corrected chi connectivity index (χ3v) is 4.98. The zero-order valence-corrected chi connectivity index (χ0v) is 13.7. The highest BCUT2D eigenvalue weighted by atomic mass is 32.2. The molecule has 0 aliphatic carbocycles. The molecular formula is C18H23NOS. The number of nitrogens with two attached hydrogens (primary N) is 1. The molecule has 0 spiro atoms. The van der Waals surface area contributed by atoms with E-state index in [0.29, 0.717) is 11.5 Å². The van der Waals surface area contributed by atoms with E-state index in [0.717, 1.165) is 11.1 Å². The lowest BCUT2D eigenvalue weighted by atomic mass is 10.0. The molecule has 0 bridgehead atoms. The second-order valence-corrected chi connectivity index (χ2v) is 7.21. The lowest BCUT2D eigenvalue weighted by Crippen LogP contribution is -2.19. The van der Waals surface area contributed by atoms with Gasteiger partial charge in [0, 0.05) is 28.3 Å². The first-order valence-electron chi connectivity index (χ1n) is 7.19. The molecule has 0 aliphatic heterocycles. The van der Waals surface area contributed by atoms with Gasteiger partial charge in [-0.25, -0.2) is 0 Å². The highest BCUT2D eigenvalue weighted by Crippen LogP contribution is 2.18. The minimum atomic E-state index is -0.950. The monoisotopic (exact) mass is 301 g/mol. The second-order valence-electron chi connectivity index (χ2n) is 5.70. The van der Waals surface area contributed by atoms with E-state index in [4.69, 9.17) is 5.73 Å². The summed E-state index contributed by atoms with van der Waals surface area (Å²) in [4.78, 5) is 0. The van der Waals surface area contributed by atoms with Crippen molar-refractivity contribution in [1.29, 1.82) is 0 Å². The van der Waals surface area contributed by atoms with Crippen LogP contribution in [0.3, 0.4) is 0 Å². The third kappa shape index (κ3) is 4.51. The van der Waals surface area contributed by atoms with Gasteiger partial charge in [0.05, 0.1) is 0 Å². The zero-order chi connectivity index (χ0) is 15.4. The van der Waals surface area contributed by atoms with Gasteiger partial charge in [-0.2, -0.15) is 0 Å². The van der Waals surface area contributed by atoms with Crippen molar-refractivity contribution in [1.82, 2.24) is 0 Å². The summed E-state index contributed by atoms with van der Waals surface area (Å²) in [7, 11) is -0.950. The fourth-order valence-corrected chi connectivity index (χ4v) is 3.91. The van der Waals surface area contributed by atoms with Crippen LogP contribution in [0.1, 0.15) is 33.9 Å². The van der Waals surface area contributed by atoms with Crippen molar-refractivity contribution in [3.8, 4) is 0 Å². The molecule has 21 heavy (non-hydrogen) atoms. The topological polar surface area (TPSA) is 43.1 Å². The minimum Gasteiger partial charge on any atom is -0.323 e. The normalized spacial score (nSPS) is 13.9. The highest BCUT2D eigenvalue weighted by Gasteiger charge is 2.12. The van der Waals surface area contributed by atoms with Crippen LogP contribution in [0.15, 0.2) is 42.5 Å². The largest absolute Gasteiger partial charge is 0.323 e. The van der Waals surface area contributed by atoms with Crippen LogP contribution in [0.4, 0.5) is 0 Å². The fourth-order valence-electron chi connectivity index (χ4n) is 2.52. The summed E-state index contributed by atoms with van der Waals surface area (Å²) in [5.41, 5.74) is 12.0. The second kappa shape index (κ2) is 7.01. The van der Waals surface area contributed by atoms with Gasteiger partial charge < -0.3 is 5.73 Å². The molecule has 112 valence electrons. The van der Waals surface area contributed by atoms with Gasteiger partial charge in [0.15, 0.2) is 0 Å². The smallest absolute Gasteiger partial charge is 0.0489 e. The summed E-state index contributed by atoms with van der Waals surface area (Å²) in [6.45, 7) is 6.18. The summed E-state index contributed by atoms with van der Waals surface area (Å²) in [5.74, 6) is 1.07. The maximum atomic E-state index is 12.3. The lowest BCUT2D eigenvalue weighted by molar-refractivity contribution is 0.674. The predicted molar refractivity (Wildman–Crippen MR) is 90.7 cm³/mol. The Morgan fingerprint density at radius 2 is 1.67 bits per heavy atom. The Kier molecular flexibility index (Phi) is 5.32. The van der Waals surface area contributed by atoms with Crippen molar-refractivity contribution in [3.05, 3.63) is 70.3 Å². The van der Waals surface area contributed by atoms with Crippen molar-refractivity contribution >= 4 is 10.8 Å². The van der Waals surface area contributed by atoms with Crippen molar-refractivity contribution in [3.63, 3.8) is 0 Å². The van der Waals surface area contributed by atoms with Crippen LogP contribution in [-0.2, 0) is 16.6 Å². The minimum absolute atomic E-state index is 0.173. The van der Waals surface area contributed by atoms with Crippen LogP contribution >= 0.6 is 0 Å². The van der Waals surface area contributed by atoms with Gasteiger partial charge in [-0.15, -0.1) is 0 Å². The van der Waals surface area contributed by atoms with E-state index >= 15 is 0 Å². The summed E-state index contributed by atoms with van der Waals surface area (Å²) in [6.07, 6.45) is 0. The van der Waals surface area contributed by atoms with Crippen LogP contribution in [-0.4, -0.2) is 9.96 Å². The maximum Gasteiger partial charge on any atom is 0.0489 e. The molecule has 2 unspecified atom stereocenters. The lowest BCUT2D eigenvalue weighted by Gasteiger charge is -2.14. The van der Waals surface area contributed by atoms with Crippen molar-refractivity contribution in [2.75, 3.05) is 5.75 Å². The molecule has 0 amide bonds. The molecule has 0 heterocycles. The molecule has 2 N–H and O–H groups in total. The molecule has 0 saturated heterocycles. The molecule has 0 aromatic heterocycles. The summed E-state index contributed by atoms with van der Waals surface area (Å²) in [6, 6.07) is 14.2. The van der Waals surface area contributed by atoms with Gasteiger partial charge in [-0.1, -0.05) is 53.6 Å². The fraction of sp³-hybridized carbons (Fsp3) is 0.333. The molecule has 2 nitrogen and oxygen atoms in total. The number of aryl methyl sites for hydroxylation is 3. The molecule has 0 aliphatic rings. The summed E-state index contributed by atoms with van der Waals surface area (Å²) >= 11 is 0. The van der Waals surface area contributed by atoms with Crippen molar-refractivity contribution < 1.29 is 4.21 Å². The van der Waals surface area contributed by atoms with Crippen molar-refractivity contribution in [2.24, 2.45) is 5.73 Å². The Bertz CT molecular complexity index is 631. The predicted octanol–water partition coefficient (Wildman–Crippen LogP) is 3.56. The number of hydrogen-bond donors (Lipinski definition) is 1. The van der Waals surface area contributed by atoms with E-state index in [1.54, 1.807) is 0 Å². The molecule has 2 aromatic carbocycles. The first-order valence-corrected chi connectivity index (χ1v) is 8.68. The van der Waals surface area contributed by atoms with Gasteiger partial charge in [0.1, 0.15) is 0 Å². The maximum absolute atomic E-state index is 12.3. The Balaban J connectivity index is 2.04. The van der Waals surface area contributed by atoms with E-state index in [9.17, 15) is 4.21 Å². The number of rotatable bonds is 5. The van der Waals surface area contributed by atoms with Crippen molar-refractivity contribution in [2.45, 2.75) is 32.6 Å². The Morgan fingerprint density at radius 3 is 2.29 bits per heavy atom. The van der Waals surface area contributed by atoms with E-state index in [2.05, 4.69) is 45.0 Å². The highest BCUT2D eigenvalue weighted by molar-refractivity contribution is 7.84. The number of benzene rings is 2. The quantitative estimate of drug-likeness (QED) is 0.917. The average molecular weight is 301 g/mol. The van der Waals surface area contributed by atoms with Crippen LogP contribution in [0.2, 0.25) is 0 Å². The summed E-state index contributed by atoms with van der Waals surface area (Å²) < 4.78 is 12.3. The van der Waals surface area contributed by atoms with Gasteiger partial charge in [-0.3, -0.25) is 4.21 Å². The molecule has 2 aromatic rings. The van der Waals surface area contributed by atoms with E-state index in [1.165, 1.54) is 16.7 Å². The molecule has 0 saturated carbocycles. The average Bonchev–Trinajstić information content (AvgIpc) is 2.40. The molecule has 2 atom stereocenters. The third-order valence-electron chi connectivity index (χ3n) is 3.62. The number of hydrogen-bond acceptors (Lipinski definition) is 2. The molecule has 0 fully saturated rings. The standard InChI is InChI=1S/C18H23NOS/c1-13-8-14(2)10-17(9-13)18(19)12-21(20)11-16-7-5-4-6-15(16)3/h4-10,18H,11-12,19H2,1-3H3. The van der Waals surface area contributed by atoms with Crippen LogP contribution in [0.5, 0.6) is 0 Å². The van der Waals surface area contributed by atoms with Gasteiger partial charge >= 0.3 is 0 Å². The molecule has 0 radical (unpaired) electrons. The van der Waals surface area contributed by atoms with Gasteiger partial charge in [0.2, 0.25) is 0 Å². The van der Waals surface area contributed by atoms with Gasteiger partial charge in [-0.05, 0) is 37.5 Å². The molecule has 2 rings (SSSR count). The Labute approximate surface area is 129 Å². The molecule has 3 heteroatoms. The van der Waals surface area contributed by atoms with Crippen LogP contribution in [0.25, 0.3) is 0 Å². The van der Waals surface area contributed by atoms with Gasteiger partial charge in [0.25, 0.3) is 0 Å². The molecular weight excluding hydrogens is 278 g/mol.